The standard InChI is InChI=1S/C17H20FN3O4/c1-17(2,25-4)16-20-12(13(22)15(24)21(16)3)14(23)19-9-10-5-7-11(18)8-6-10/h5-8,22H,9H2,1-4H3,(H,19,23). The number of rotatable bonds is 5. The van der Waals surface area contributed by atoms with Gasteiger partial charge in [0.15, 0.2) is 5.69 Å². The molecule has 134 valence electrons. The first-order valence-electron chi connectivity index (χ1n) is 7.55. The predicted octanol–water partition coefficient (Wildman–Crippen LogP) is 1.44. The largest absolute Gasteiger partial charge is 0.501 e. The number of aromatic nitrogens is 2. The maximum atomic E-state index is 12.9. The Balaban J connectivity index is 2.33. The van der Waals surface area contributed by atoms with Gasteiger partial charge in [0, 0.05) is 20.7 Å². The zero-order chi connectivity index (χ0) is 18.8. The van der Waals surface area contributed by atoms with Gasteiger partial charge in [0.25, 0.3) is 11.5 Å². The average Bonchev–Trinajstić information content (AvgIpc) is 2.59. The van der Waals surface area contributed by atoms with Crippen molar-refractivity contribution < 1.29 is 19.0 Å². The van der Waals surface area contributed by atoms with Gasteiger partial charge >= 0.3 is 0 Å². The van der Waals surface area contributed by atoms with Gasteiger partial charge in [-0.25, -0.2) is 9.37 Å². The Morgan fingerprint density at radius 1 is 1.36 bits per heavy atom. The fourth-order valence-electron chi connectivity index (χ4n) is 2.25. The molecule has 25 heavy (non-hydrogen) atoms. The second-order valence-electron chi connectivity index (χ2n) is 6.02. The molecule has 0 bridgehead atoms. The molecule has 1 aromatic carbocycles. The Hall–Kier alpha value is -2.74. The first-order valence-corrected chi connectivity index (χ1v) is 7.55. The van der Waals surface area contributed by atoms with Gasteiger partial charge < -0.3 is 15.2 Å². The van der Waals surface area contributed by atoms with Crippen molar-refractivity contribution in [2.75, 3.05) is 7.11 Å². The minimum Gasteiger partial charge on any atom is -0.501 e. The summed E-state index contributed by atoms with van der Waals surface area (Å²) in [6.45, 7) is 3.47. The van der Waals surface area contributed by atoms with Crippen LogP contribution in [0, 0.1) is 5.82 Å². The Bertz CT molecular complexity index is 844. The SMILES string of the molecule is COC(C)(C)c1nc(C(=O)NCc2ccc(F)cc2)c(O)c(=O)n1C. The lowest BCUT2D eigenvalue weighted by Crippen LogP contribution is -2.35. The summed E-state index contributed by atoms with van der Waals surface area (Å²) in [5.41, 5.74) is -1.41. The van der Waals surface area contributed by atoms with Crippen LogP contribution in [0.15, 0.2) is 29.1 Å². The highest BCUT2D eigenvalue weighted by atomic mass is 19.1. The Morgan fingerprint density at radius 3 is 2.52 bits per heavy atom. The third kappa shape index (κ3) is 3.85. The molecule has 0 radical (unpaired) electrons. The summed E-state index contributed by atoms with van der Waals surface area (Å²) in [6.07, 6.45) is 0. The molecule has 0 saturated heterocycles. The highest BCUT2D eigenvalue weighted by Crippen LogP contribution is 2.22. The van der Waals surface area contributed by atoms with Crippen molar-refractivity contribution in [3.63, 3.8) is 0 Å². The van der Waals surface area contributed by atoms with E-state index < -0.39 is 22.8 Å². The van der Waals surface area contributed by atoms with Gasteiger partial charge in [0.2, 0.25) is 5.75 Å². The molecular formula is C17H20FN3O4. The van der Waals surface area contributed by atoms with E-state index in [2.05, 4.69) is 10.3 Å². The molecule has 1 aromatic heterocycles. The third-order valence-electron chi connectivity index (χ3n) is 3.90. The normalized spacial score (nSPS) is 11.4. The number of carbonyl (C=O) groups excluding carboxylic acids is 1. The van der Waals surface area contributed by atoms with Crippen LogP contribution in [0.2, 0.25) is 0 Å². The van der Waals surface area contributed by atoms with E-state index in [4.69, 9.17) is 4.74 Å². The molecule has 1 amide bonds. The van der Waals surface area contributed by atoms with E-state index in [1.54, 1.807) is 13.8 Å². The van der Waals surface area contributed by atoms with Crippen molar-refractivity contribution in [1.82, 2.24) is 14.9 Å². The summed E-state index contributed by atoms with van der Waals surface area (Å²) in [5.74, 6) is -1.64. The summed E-state index contributed by atoms with van der Waals surface area (Å²) < 4.78 is 19.3. The van der Waals surface area contributed by atoms with Crippen molar-refractivity contribution >= 4 is 5.91 Å². The van der Waals surface area contributed by atoms with Crippen LogP contribution in [-0.4, -0.2) is 27.7 Å². The van der Waals surface area contributed by atoms with Gasteiger partial charge in [-0.05, 0) is 31.5 Å². The molecule has 1 heterocycles. The Morgan fingerprint density at radius 2 is 1.96 bits per heavy atom. The van der Waals surface area contributed by atoms with Crippen LogP contribution in [0.1, 0.15) is 35.7 Å². The maximum absolute atomic E-state index is 12.9. The molecule has 2 aromatic rings. The lowest BCUT2D eigenvalue weighted by atomic mass is 10.1. The number of aromatic hydroxyl groups is 1. The first-order chi connectivity index (χ1) is 11.7. The molecule has 0 aliphatic rings. The second kappa shape index (κ2) is 7.02. The van der Waals surface area contributed by atoms with E-state index in [0.29, 0.717) is 5.56 Å². The fraction of sp³-hybridized carbons (Fsp3) is 0.353. The molecule has 7 nitrogen and oxygen atoms in total. The van der Waals surface area contributed by atoms with Crippen LogP contribution in [0.25, 0.3) is 0 Å². The van der Waals surface area contributed by atoms with E-state index in [1.807, 2.05) is 0 Å². The molecular weight excluding hydrogens is 329 g/mol. The number of benzene rings is 1. The minimum atomic E-state index is -0.937. The number of nitrogens with one attached hydrogen (secondary N) is 1. The number of ether oxygens (including phenoxy) is 1. The number of hydrogen-bond donors (Lipinski definition) is 2. The third-order valence-corrected chi connectivity index (χ3v) is 3.90. The lowest BCUT2D eigenvalue weighted by molar-refractivity contribution is 0.00768. The molecule has 0 spiro atoms. The van der Waals surface area contributed by atoms with Crippen LogP contribution in [0.3, 0.4) is 0 Å². The van der Waals surface area contributed by atoms with Crippen LogP contribution >= 0.6 is 0 Å². The van der Waals surface area contributed by atoms with Gasteiger partial charge in [-0.1, -0.05) is 12.1 Å². The van der Waals surface area contributed by atoms with Gasteiger partial charge in [-0.15, -0.1) is 0 Å². The van der Waals surface area contributed by atoms with Crippen molar-refractivity contribution in [3.05, 3.63) is 57.5 Å². The number of hydrogen-bond acceptors (Lipinski definition) is 5. The number of methoxy groups -OCH3 is 1. The second-order valence-corrected chi connectivity index (χ2v) is 6.02. The summed E-state index contributed by atoms with van der Waals surface area (Å²) >= 11 is 0. The molecule has 0 unspecified atom stereocenters. The summed E-state index contributed by atoms with van der Waals surface area (Å²) in [4.78, 5) is 28.6. The molecule has 2 rings (SSSR count). The van der Waals surface area contributed by atoms with Crippen molar-refractivity contribution in [1.29, 1.82) is 0 Å². The molecule has 0 aliphatic heterocycles. The van der Waals surface area contributed by atoms with Gasteiger partial charge in [-0.2, -0.15) is 0 Å². The highest BCUT2D eigenvalue weighted by Gasteiger charge is 2.29. The predicted molar refractivity (Wildman–Crippen MR) is 88.7 cm³/mol. The van der Waals surface area contributed by atoms with Crippen molar-refractivity contribution in [2.45, 2.75) is 26.0 Å². The van der Waals surface area contributed by atoms with Crippen LogP contribution in [0.5, 0.6) is 5.75 Å². The molecule has 0 atom stereocenters. The van der Waals surface area contributed by atoms with Crippen LogP contribution < -0.4 is 10.9 Å². The quantitative estimate of drug-likeness (QED) is 0.852. The molecule has 0 aliphatic carbocycles. The number of amides is 1. The molecule has 2 N–H and O–H groups in total. The lowest BCUT2D eigenvalue weighted by Gasteiger charge is -2.25. The van der Waals surface area contributed by atoms with Crippen LogP contribution in [-0.2, 0) is 23.9 Å². The zero-order valence-corrected chi connectivity index (χ0v) is 14.5. The maximum Gasteiger partial charge on any atom is 0.296 e. The van der Waals surface area contributed by atoms with E-state index in [1.165, 1.54) is 38.4 Å². The summed E-state index contributed by atoms with van der Waals surface area (Å²) in [7, 11) is 2.89. The van der Waals surface area contributed by atoms with Crippen molar-refractivity contribution in [3.8, 4) is 5.75 Å². The highest BCUT2D eigenvalue weighted by molar-refractivity contribution is 5.94. The van der Waals surface area contributed by atoms with Crippen molar-refractivity contribution in [2.24, 2.45) is 7.05 Å². The Kier molecular flexibility index (Phi) is 5.22. The summed E-state index contributed by atoms with van der Waals surface area (Å²) in [5, 5.41) is 12.5. The van der Waals surface area contributed by atoms with Crippen LogP contribution in [0.4, 0.5) is 4.39 Å². The summed E-state index contributed by atoms with van der Waals surface area (Å²) in [6, 6.07) is 5.59. The topological polar surface area (TPSA) is 93.5 Å². The average molecular weight is 349 g/mol. The van der Waals surface area contributed by atoms with E-state index >= 15 is 0 Å². The monoisotopic (exact) mass is 349 g/mol. The fourth-order valence-corrected chi connectivity index (χ4v) is 2.25. The van der Waals surface area contributed by atoms with E-state index in [-0.39, 0.29) is 23.9 Å². The molecule has 0 fully saturated rings. The Labute approximate surface area is 144 Å². The molecule has 8 heteroatoms. The number of nitrogens with zero attached hydrogens (tertiary/aromatic N) is 2. The van der Waals surface area contributed by atoms with Gasteiger partial charge in [0.1, 0.15) is 17.2 Å². The van der Waals surface area contributed by atoms with Gasteiger partial charge in [0.05, 0.1) is 0 Å². The first kappa shape index (κ1) is 18.6. The smallest absolute Gasteiger partial charge is 0.296 e. The van der Waals surface area contributed by atoms with Gasteiger partial charge in [-0.3, -0.25) is 14.2 Å². The van der Waals surface area contributed by atoms with E-state index in [0.717, 1.165) is 4.57 Å². The molecule has 0 saturated carbocycles. The number of carbonyl (C=O) groups is 1. The zero-order valence-electron chi connectivity index (χ0n) is 14.5. The minimum absolute atomic E-state index is 0.0957. The van der Waals surface area contributed by atoms with E-state index in [9.17, 15) is 19.1 Å². The number of halogens is 1.